The number of ketones is 1. The molecule has 0 saturated carbocycles. The van der Waals surface area contributed by atoms with Crippen LogP contribution in [0, 0.1) is 5.41 Å². The maximum Gasteiger partial charge on any atom is 0.232 e. The molecule has 0 saturated heterocycles. The number of anilines is 1. The fourth-order valence-electron chi connectivity index (χ4n) is 5.18. The van der Waals surface area contributed by atoms with Crippen LogP contribution in [0.25, 0.3) is 28.4 Å². The lowest BCUT2D eigenvalue weighted by molar-refractivity contribution is -0.117. The zero-order chi connectivity index (χ0) is 32.7. The highest BCUT2D eigenvalue weighted by molar-refractivity contribution is 7.79. The minimum absolute atomic E-state index is 0.0337. The van der Waals surface area contributed by atoms with Gasteiger partial charge in [0.1, 0.15) is 11.3 Å². The third-order valence-corrected chi connectivity index (χ3v) is 8.35. The van der Waals surface area contributed by atoms with Crippen molar-refractivity contribution in [2.45, 2.75) is 46.0 Å². The van der Waals surface area contributed by atoms with Crippen LogP contribution in [-0.2, 0) is 22.3 Å². The monoisotopic (exact) mass is 632 g/mol. The number of carbonyl (C=O) groups excluding carboxylic acids is 2. The van der Waals surface area contributed by atoms with Gasteiger partial charge in [-0.2, -0.15) is 0 Å². The van der Waals surface area contributed by atoms with E-state index < -0.39 is 17.0 Å². The number of hydrogen-bond acceptors (Lipinski definition) is 5. The fourth-order valence-corrected chi connectivity index (χ4v) is 5.56. The Morgan fingerprint density at radius 2 is 1.61 bits per heavy atom. The molecule has 0 aliphatic heterocycles. The second-order valence-corrected chi connectivity index (χ2v) is 13.6. The Kier molecular flexibility index (Phi) is 10.5. The van der Waals surface area contributed by atoms with E-state index in [4.69, 9.17) is 4.42 Å². The van der Waals surface area contributed by atoms with Gasteiger partial charge in [0.2, 0.25) is 5.91 Å². The van der Waals surface area contributed by atoms with Crippen molar-refractivity contribution in [1.29, 1.82) is 0 Å². The predicted molar refractivity (Wildman–Crippen MR) is 185 cm³/mol. The van der Waals surface area contributed by atoms with Crippen LogP contribution in [0.15, 0.2) is 114 Å². The van der Waals surface area contributed by atoms with E-state index in [1.807, 2.05) is 91.0 Å². The topological polar surface area (TPSA) is 99.4 Å². The van der Waals surface area contributed by atoms with Crippen molar-refractivity contribution in [3.8, 4) is 11.3 Å². The van der Waals surface area contributed by atoms with Crippen LogP contribution in [0.5, 0.6) is 0 Å². The highest BCUT2D eigenvalue weighted by Crippen LogP contribution is 2.30. The van der Waals surface area contributed by atoms with E-state index in [1.165, 1.54) is 0 Å². The molecule has 1 heterocycles. The summed E-state index contributed by atoms with van der Waals surface area (Å²) in [6.45, 7) is 6.44. The number of amides is 1. The summed E-state index contributed by atoms with van der Waals surface area (Å²) in [4.78, 5) is 26.4. The van der Waals surface area contributed by atoms with Gasteiger partial charge in [-0.3, -0.25) is 13.8 Å². The van der Waals surface area contributed by atoms with Gasteiger partial charge in [0, 0.05) is 34.4 Å². The smallest absolute Gasteiger partial charge is 0.232 e. The maximum atomic E-state index is 13.8. The van der Waals surface area contributed by atoms with Gasteiger partial charge in [-0.15, -0.1) is 0 Å². The van der Waals surface area contributed by atoms with Crippen molar-refractivity contribution >= 4 is 45.5 Å². The largest absolute Gasteiger partial charge is 0.772 e. The number of Topliss-reactive ketones (excluding diaryl/α,β-unsaturated/α-hetero) is 1. The number of allylic oxidation sites excluding steroid dienone is 1. The number of carbonyl (C=O) groups is 2. The van der Waals surface area contributed by atoms with E-state index in [0.29, 0.717) is 24.1 Å². The van der Waals surface area contributed by atoms with Crippen LogP contribution in [-0.4, -0.2) is 26.2 Å². The summed E-state index contributed by atoms with van der Waals surface area (Å²) in [6.07, 6.45) is 5.14. The molecule has 5 aromatic rings. The number of fused-ring (bicyclic) bond motifs is 1. The van der Waals surface area contributed by atoms with E-state index in [2.05, 4.69) is 38.2 Å². The highest BCUT2D eigenvalue weighted by Gasteiger charge is 2.22. The first-order valence-electron chi connectivity index (χ1n) is 15.4. The Balaban J connectivity index is 1.34. The van der Waals surface area contributed by atoms with Crippen LogP contribution in [0.2, 0.25) is 0 Å². The molecule has 7 heteroatoms. The SMILES string of the molecule is CC(C)(C)/C=C/c1ccc([C@H](Cc2ccc(C(=O)CCCS(=O)[O-])cc2)C(=O)Nc2ccc(-c3cc4ccccc4o3)cc2)cc1. The summed E-state index contributed by atoms with van der Waals surface area (Å²) in [5.74, 6) is 0.00858. The van der Waals surface area contributed by atoms with E-state index >= 15 is 0 Å². The van der Waals surface area contributed by atoms with Crippen LogP contribution in [0.1, 0.15) is 66.6 Å². The molecule has 5 rings (SSSR count). The zero-order valence-corrected chi connectivity index (χ0v) is 27.1. The summed E-state index contributed by atoms with van der Waals surface area (Å²) in [6, 6.07) is 32.8. The summed E-state index contributed by atoms with van der Waals surface area (Å²) < 4.78 is 27.6. The van der Waals surface area contributed by atoms with E-state index in [9.17, 15) is 18.4 Å². The number of furan rings is 1. The summed E-state index contributed by atoms with van der Waals surface area (Å²) in [5.41, 5.74) is 5.86. The minimum Gasteiger partial charge on any atom is -0.772 e. The van der Waals surface area contributed by atoms with E-state index in [-0.39, 0.29) is 29.3 Å². The predicted octanol–water partition coefficient (Wildman–Crippen LogP) is 8.97. The third kappa shape index (κ3) is 8.99. The summed E-state index contributed by atoms with van der Waals surface area (Å²) in [5, 5.41) is 4.13. The molecule has 1 N–H and O–H groups in total. The molecular formula is C39H38NO5S-. The zero-order valence-electron chi connectivity index (χ0n) is 26.3. The van der Waals surface area contributed by atoms with Gasteiger partial charge in [-0.25, -0.2) is 0 Å². The lowest BCUT2D eigenvalue weighted by atomic mass is 9.89. The van der Waals surface area contributed by atoms with Gasteiger partial charge in [0.15, 0.2) is 5.78 Å². The number of para-hydroxylation sites is 1. The molecule has 0 bridgehead atoms. The molecule has 1 aromatic heterocycles. The molecule has 1 unspecified atom stereocenters. The number of nitrogens with one attached hydrogen (secondary N) is 1. The molecule has 6 nitrogen and oxygen atoms in total. The third-order valence-electron chi connectivity index (χ3n) is 7.72. The van der Waals surface area contributed by atoms with Crippen molar-refractivity contribution in [2.75, 3.05) is 11.1 Å². The van der Waals surface area contributed by atoms with Crippen LogP contribution < -0.4 is 5.32 Å². The molecule has 46 heavy (non-hydrogen) atoms. The first-order chi connectivity index (χ1) is 22.0. The van der Waals surface area contributed by atoms with Crippen LogP contribution in [0.3, 0.4) is 0 Å². The van der Waals surface area contributed by atoms with Gasteiger partial charge >= 0.3 is 0 Å². The van der Waals surface area contributed by atoms with Crippen molar-refractivity contribution in [3.05, 3.63) is 131 Å². The average Bonchev–Trinajstić information content (AvgIpc) is 3.47. The van der Waals surface area contributed by atoms with E-state index in [0.717, 1.165) is 39.0 Å². The Morgan fingerprint density at radius 1 is 0.913 bits per heavy atom. The first-order valence-corrected chi connectivity index (χ1v) is 16.7. The van der Waals surface area contributed by atoms with Crippen molar-refractivity contribution in [1.82, 2.24) is 0 Å². The standard InChI is InChI=1S/C39H39NO5S/c1-39(2,3)23-22-27-10-14-29(15-11-27)34(25-28-12-16-30(17-13-28)35(41)8-6-24-46(43)44)38(42)40-33-20-18-31(19-21-33)37-26-32-7-4-5-9-36(32)45-37/h4-5,7,9-23,26,34H,6,8,24-25H2,1-3H3,(H,40,42)(H,43,44)/p-1/b23-22+/t34-/m0/s1. The Bertz CT molecular complexity index is 1810. The number of hydrogen-bond donors (Lipinski definition) is 1. The molecule has 236 valence electrons. The second-order valence-electron chi connectivity index (χ2n) is 12.6. The molecule has 4 aromatic carbocycles. The quantitative estimate of drug-likeness (QED) is 0.109. The van der Waals surface area contributed by atoms with Crippen LogP contribution in [0.4, 0.5) is 5.69 Å². The molecule has 0 aliphatic carbocycles. The lowest BCUT2D eigenvalue weighted by Gasteiger charge is -2.18. The fraction of sp³-hybridized carbons (Fsp3) is 0.231. The molecular weight excluding hydrogens is 594 g/mol. The maximum absolute atomic E-state index is 13.8. The molecule has 0 fully saturated rings. The summed E-state index contributed by atoms with van der Waals surface area (Å²) in [7, 11) is 0. The summed E-state index contributed by atoms with van der Waals surface area (Å²) >= 11 is -2.16. The second kappa shape index (κ2) is 14.7. The van der Waals surface area contributed by atoms with Crippen molar-refractivity contribution < 1.29 is 22.8 Å². The van der Waals surface area contributed by atoms with E-state index in [1.54, 1.807) is 12.1 Å². The first kappa shape index (κ1) is 32.8. The van der Waals surface area contributed by atoms with Gasteiger partial charge in [-0.05, 0) is 71.3 Å². The van der Waals surface area contributed by atoms with Crippen molar-refractivity contribution in [2.24, 2.45) is 5.41 Å². The van der Waals surface area contributed by atoms with Gasteiger partial charge < -0.3 is 14.3 Å². The Labute approximate surface area is 272 Å². The molecule has 2 atom stereocenters. The number of benzene rings is 4. The molecule has 1 amide bonds. The minimum atomic E-state index is -2.16. The van der Waals surface area contributed by atoms with Gasteiger partial charge in [0.05, 0.1) is 5.92 Å². The van der Waals surface area contributed by atoms with Gasteiger partial charge in [0.25, 0.3) is 0 Å². The normalized spacial score (nSPS) is 13.1. The Morgan fingerprint density at radius 3 is 2.26 bits per heavy atom. The van der Waals surface area contributed by atoms with Crippen LogP contribution >= 0.6 is 0 Å². The number of rotatable bonds is 12. The Hall–Kier alpha value is -4.59. The highest BCUT2D eigenvalue weighted by atomic mass is 32.2. The van der Waals surface area contributed by atoms with Crippen molar-refractivity contribution in [3.63, 3.8) is 0 Å². The van der Waals surface area contributed by atoms with Gasteiger partial charge in [-0.1, -0.05) is 111 Å². The molecule has 0 radical (unpaired) electrons. The average molecular weight is 633 g/mol. The lowest BCUT2D eigenvalue weighted by Crippen LogP contribution is -2.23. The molecule has 0 spiro atoms. The molecule has 0 aliphatic rings.